The smallest absolute Gasteiger partial charge is 0.259 e. The number of hydrogen-bond donors (Lipinski definition) is 1. The molecule has 1 aliphatic heterocycles. The lowest BCUT2D eigenvalue weighted by atomic mass is 10.2. The zero-order chi connectivity index (χ0) is 19.4. The van der Waals surface area contributed by atoms with Crippen LogP contribution in [-0.4, -0.2) is 38.8 Å². The number of hydrogen-bond acceptors (Lipinski definition) is 4. The van der Waals surface area contributed by atoms with Crippen molar-refractivity contribution in [3.8, 4) is 5.75 Å². The fourth-order valence-electron chi connectivity index (χ4n) is 3.01. The maximum Gasteiger partial charge on any atom is 0.259 e. The Hall–Kier alpha value is -1.90. The first-order valence-electron chi connectivity index (χ1n) is 8.67. The van der Waals surface area contributed by atoms with Gasteiger partial charge in [-0.1, -0.05) is 22.4 Å². The van der Waals surface area contributed by atoms with Crippen LogP contribution in [0.15, 0.2) is 51.8 Å². The zero-order valence-electron chi connectivity index (χ0n) is 14.9. The normalized spacial score (nSPS) is 15.3. The number of anilines is 1. The highest BCUT2D eigenvalue weighted by Crippen LogP contribution is 2.27. The largest absolute Gasteiger partial charge is 0.496 e. The molecule has 2 aromatic rings. The van der Waals surface area contributed by atoms with E-state index in [-0.39, 0.29) is 10.5 Å². The van der Waals surface area contributed by atoms with Crippen molar-refractivity contribution >= 4 is 37.5 Å². The van der Waals surface area contributed by atoms with Crippen LogP contribution in [-0.2, 0) is 10.0 Å². The summed E-state index contributed by atoms with van der Waals surface area (Å²) in [6.45, 7) is 1.02. The van der Waals surface area contributed by atoms with Crippen molar-refractivity contribution in [1.29, 1.82) is 0 Å². The summed E-state index contributed by atoms with van der Waals surface area (Å²) in [7, 11) is -2.18. The summed E-state index contributed by atoms with van der Waals surface area (Å²) < 4.78 is 33.4. The summed E-state index contributed by atoms with van der Waals surface area (Å²) in [4.78, 5) is 12.8. The number of halogens is 1. The van der Waals surface area contributed by atoms with E-state index in [1.54, 1.807) is 12.1 Å². The topological polar surface area (TPSA) is 75.7 Å². The summed E-state index contributed by atoms with van der Waals surface area (Å²) in [5, 5.41) is 2.77. The summed E-state index contributed by atoms with van der Waals surface area (Å²) in [6, 6.07) is 11.5. The van der Waals surface area contributed by atoms with Crippen LogP contribution in [0.4, 0.5) is 5.69 Å². The molecule has 8 heteroatoms. The van der Waals surface area contributed by atoms with Gasteiger partial charge in [-0.15, -0.1) is 0 Å². The van der Waals surface area contributed by atoms with E-state index in [1.807, 2.05) is 12.1 Å². The summed E-state index contributed by atoms with van der Waals surface area (Å²) >= 11 is 3.34. The minimum Gasteiger partial charge on any atom is -0.496 e. The van der Waals surface area contributed by atoms with Crippen LogP contribution >= 0.6 is 15.9 Å². The van der Waals surface area contributed by atoms with E-state index in [9.17, 15) is 13.2 Å². The third-order valence-electron chi connectivity index (χ3n) is 4.47. The average molecular weight is 453 g/mol. The third-order valence-corrected chi connectivity index (χ3v) is 6.89. The second-order valence-corrected chi connectivity index (χ2v) is 9.14. The van der Waals surface area contributed by atoms with Crippen LogP contribution in [0, 0.1) is 0 Å². The number of benzene rings is 2. The van der Waals surface area contributed by atoms with Gasteiger partial charge in [0.15, 0.2) is 0 Å². The molecule has 3 rings (SSSR count). The lowest BCUT2D eigenvalue weighted by molar-refractivity contribution is 0.102. The highest BCUT2D eigenvalue weighted by molar-refractivity contribution is 9.10. The fourth-order valence-corrected chi connectivity index (χ4v) is 4.82. The second kappa shape index (κ2) is 8.41. The molecule has 1 amide bonds. The van der Waals surface area contributed by atoms with Crippen molar-refractivity contribution in [3.05, 3.63) is 52.5 Å². The molecule has 6 nitrogen and oxygen atoms in total. The van der Waals surface area contributed by atoms with Crippen LogP contribution in [0.1, 0.15) is 29.6 Å². The summed E-state index contributed by atoms with van der Waals surface area (Å²) in [6.07, 6.45) is 2.74. The predicted octanol–water partition coefficient (Wildman–Crippen LogP) is 3.88. The molecule has 1 fully saturated rings. The van der Waals surface area contributed by atoms with Crippen molar-refractivity contribution in [3.63, 3.8) is 0 Å². The van der Waals surface area contributed by atoms with E-state index in [2.05, 4.69) is 21.2 Å². The van der Waals surface area contributed by atoms with E-state index in [1.165, 1.54) is 29.6 Å². The van der Waals surface area contributed by atoms with Crippen LogP contribution in [0.25, 0.3) is 0 Å². The number of amides is 1. The van der Waals surface area contributed by atoms with Crippen LogP contribution in [0.3, 0.4) is 0 Å². The first kappa shape index (κ1) is 19.9. The minimum atomic E-state index is -3.63. The van der Waals surface area contributed by atoms with Crippen molar-refractivity contribution in [1.82, 2.24) is 4.31 Å². The summed E-state index contributed by atoms with van der Waals surface area (Å²) in [5.74, 6) is -0.105. The van der Waals surface area contributed by atoms with E-state index in [4.69, 9.17) is 4.74 Å². The summed E-state index contributed by atoms with van der Waals surface area (Å²) in [5.41, 5.74) is 0.785. The molecular weight excluding hydrogens is 432 g/mol. The number of carbonyl (C=O) groups is 1. The maximum absolute atomic E-state index is 12.9. The molecule has 27 heavy (non-hydrogen) atoms. The molecule has 0 atom stereocenters. The molecule has 0 aromatic heterocycles. The van der Waals surface area contributed by atoms with Crippen molar-refractivity contribution in [2.45, 2.75) is 24.2 Å². The number of ether oxygens (including phenoxy) is 1. The molecule has 2 aromatic carbocycles. The molecule has 1 saturated heterocycles. The lowest BCUT2D eigenvalue weighted by Gasteiger charge is -2.26. The Morgan fingerprint density at radius 2 is 1.74 bits per heavy atom. The molecule has 0 unspecified atom stereocenters. The van der Waals surface area contributed by atoms with E-state index in [0.717, 1.165) is 23.7 Å². The Morgan fingerprint density at radius 3 is 2.37 bits per heavy atom. The Balaban J connectivity index is 1.91. The van der Waals surface area contributed by atoms with Gasteiger partial charge < -0.3 is 10.1 Å². The van der Waals surface area contributed by atoms with Crippen LogP contribution in [0.5, 0.6) is 5.75 Å². The van der Waals surface area contributed by atoms with Gasteiger partial charge in [0, 0.05) is 23.2 Å². The molecule has 1 N–H and O–H groups in total. The third kappa shape index (κ3) is 4.51. The second-order valence-electron chi connectivity index (χ2n) is 6.29. The number of piperidine rings is 1. The standard InChI is InChI=1S/C19H21BrN2O4S/c1-26-18-10-9-16(27(24,25)22-11-3-2-4-12-22)13-17(18)19(23)21-15-7-5-14(20)6-8-15/h5-10,13H,2-4,11-12H2,1H3,(H,21,23). The molecule has 1 aliphatic rings. The van der Waals surface area contributed by atoms with Gasteiger partial charge in [0.05, 0.1) is 17.6 Å². The first-order valence-corrected chi connectivity index (χ1v) is 10.9. The van der Waals surface area contributed by atoms with Gasteiger partial charge in [-0.2, -0.15) is 4.31 Å². The Labute approximate surface area is 167 Å². The van der Waals surface area contributed by atoms with E-state index >= 15 is 0 Å². The molecule has 0 aliphatic carbocycles. The van der Waals surface area contributed by atoms with Gasteiger partial charge in [0.1, 0.15) is 5.75 Å². The van der Waals surface area contributed by atoms with Crippen LogP contribution in [0.2, 0.25) is 0 Å². The fraction of sp³-hybridized carbons (Fsp3) is 0.316. The highest BCUT2D eigenvalue weighted by atomic mass is 79.9. The molecule has 1 heterocycles. The number of carbonyl (C=O) groups excluding carboxylic acids is 1. The van der Waals surface area contributed by atoms with Crippen molar-refractivity contribution in [2.75, 3.05) is 25.5 Å². The van der Waals surface area contributed by atoms with E-state index < -0.39 is 15.9 Å². The van der Waals surface area contributed by atoms with Gasteiger partial charge >= 0.3 is 0 Å². The molecule has 144 valence electrons. The number of nitrogens with zero attached hydrogens (tertiary/aromatic N) is 1. The number of nitrogens with one attached hydrogen (secondary N) is 1. The highest BCUT2D eigenvalue weighted by Gasteiger charge is 2.27. The van der Waals surface area contributed by atoms with Crippen LogP contribution < -0.4 is 10.1 Å². The Bertz CT molecular complexity index is 923. The molecular formula is C19H21BrN2O4S. The average Bonchev–Trinajstić information content (AvgIpc) is 2.69. The van der Waals surface area contributed by atoms with Gasteiger partial charge in [-0.25, -0.2) is 8.42 Å². The predicted molar refractivity (Wildman–Crippen MR) is 108 cm³/mol. The van der Waals surface area contributed by atoms with Gasteiger partial charge in [-0.05, 0) is 55.3 Å². The van der Waals surface area contributed by atoms with Gasteiger partial charge in [0.25, 0.3) is 5.91 Å². The SMILES string of the molecule is COc1ccc(S(=O)(=O)N2CCCCC2)cc1C(=O)Nc1ccc(Br)cc1. The minimum absolute atomic E-state index is 0.103. The molecule has 0 radical (unpaired) electrons. The van der Waals surface area contributed by atoms with Crippen molar-refractivity contribution in [2.24, 2.45) is 0 Å². The Morgan fingerprint density at radius 1 is 1.07 bits per heavy atom. The first-order chi connectivity index (χ1) is 12.9. The molecule has 0 bridgehead atoms. The lowest BCUT2D eigenvalue weighted by Crippen LogP contribution is -2.35. The number of sulfonamides is 1. The van der Waals surface area contributed by atoms with E-state index in [0.29, 0.717) is 24.5 Å². The quantitative estimate of drug-likeness (QED) is 0.746. The monoisotopic (exact) mass is 452 g/mol. The Kier molecular flexibility index (Phi) is 6.18. The molecule has 0 spiro atoms. The van der Waals surface area contributed by atoms with Gasteiger partial charge in [0.2, 0.25) is 10.0 Å². The maximum atomic E-state index is 12.9. The molecule has 0 saturated carbocycles. The van der Waals surface area contributed by atoms with Crippen molar-refractivity contribution < 1.29 is 17.9 Å². The number of methoxy groups -OCH3 is 1. The number of rotatable bonds is 5. The zero-order valence-corrected chi connectivity index (χ0v) is 17.3. The van der Waals surface area contributed by atoms with Gasteiger partial charge in [-0.3, -0.25) is 4.79 Å².